The molecular weight excluding hydrogens is 136 g/mol. The molecule has 1 heteroatoms. The fourth-order valence-electron chi connectivity index (χ4n) is 0.886. The van der Waals surface area contributed by atoms with Gasteiger partial charge in [-0.25, -0.2) is 0 Å². The molecule has 58 valence electrons. The summed E-state index contributed by atoms with van der Waals surface area (Å²) >= 11 is 0. The van der Waals surface area contributed by atoms with E-state index in [1.165, 1.54) is 5.56 Å². The highest BCUT2D eigenvalue weighted by Crippen LogP contribution is 2.09. The van der Waals surface area contributed by atoms with Crippen molar-refractivity contribution in [2.75, 3.05) is 0 Å². The van der Waals surface area contributed by atoms with Crippen LogP contribution in [0.2, 0.25) is 0 Å². The second-order valence-corrected chi connectivity index (χ2v) is 2.44. The van der Waals surface area contributed by atoms with Crippen LogP contribution in [-0.2, 0) is 6.42 Å². The van der Waals surface area contributed by atoms with E-state index in [2.05, 4.69) is 6.08 Å². The molecule has 0 aromatic heterocycles. The first-order chi connectivity index (χ1) is 5.33. The molecule has 1 rings (SSSR count). The Kier molecular flexibility index (Phi) is 2.73. The van der Waals surface area contributed by atoms with Crippen molar-refractivity contribution < 1.29 is 5.11 Å². The smallest absolute Gasteiger partial charge is 0.115 e. The molecule has 0 aliphatic heterocycles. The zero-order valence-electron chi connectivity index (χ0n) is 6.62. The minimum Gasteiger partial charge on any atom is -0.508 e. The molecule has 0 spiro atoms. The Balaban J connectivity index is 2.66. The lowest BCUT2D eigenvalue weighted by Gasteiger charge is -1.95. The van der Waals surface area contributed by atoms with E-state index in [0.717, 1.165) is 6.42 Å². The minimum absolute atomic E-state index is 0.328. The number of benzene rings is 1. The second kappa shape index (κ2) is 3.81. The SMILES string of the molecule is C/C=C\Cc1ccc(O)cc1. The van der Waals surface area contributed by atoms with E-state index in [0.29, 0.717) is 5.75 Å². The molecular formula is C10H12O. The summed E-state index contributed by atoms with van der Waals surface area (Å²) in [5.41, 5.74) is 1.22. The first-order valence-electron chi connectivity index (χ1n) is 3.72. The summed E-state index contributed by atoms with van der Waals surface area (Å²) in [7, 11) is 0. The van der Waals surface area contributed by atoms with Crippen molar-refractivity contribution in [3.8, 4) is 5.75 Å². The average Bonchev–Trinajstić information content (AvgIpc) is 2.04. The number of allylic oxidation sites excluding steroid dienone is 2. The van der Waals surface area contributed by atoms with Crippen molar-refractivity contribution in [3.05, 3.63) is 42.0 Å². The Bertz CT molecular complexity index is 234. The summed E-state index contributed by atoms with van der Waals surface area (Å²) in [6.45, 7) is 2.00. The Labute approximate surface area is 67.0 Å². The lowest BCUT2D eigenvalue weighted by molar-refractivity contribution is 0.475. The highest BCUT2D eigenvalue weighted by atomic mass is 16.3. The third-order valence-electron chi connectivity index (χ3n) is 1.53. The van der Waals surface area contributed by atoms with Crippen LogP contribution < -0.4 is 0 Å². The molecule has 0 radical (unpaired) electrons. The highest BCUT2D eigenvalue weighted by molar-refractivity contribution is 5.26. The fourth-order valence-corrected chi connectivity index (χ4v) is 0.886. The van der Waals surface area contributed by atoms with Crippen LogP contribution in [0.4, 0.5) is 0 Å². The summed E-state index contributed by atoms with van der Waals surface area (Å²) in [6, 6.07) is 7.27. The van der Waals surface area contributed by atoms with Gasteiger partial charge < -0.3 is 5.11 Å². The molecule has 0 amide bonds. The van der Waals surface area contributed by atoms with Crippen LogP contribution in [0.3, 0.4) is 0 Å². The first-order valence-corrected chi connectivity index (χ1v) is 3.72. The summed E-state index contributed by atoms with van der Waals surface area (Å²) in [6.07, 6.45) is 5.05. The number of phenols is 1. The molecule has 0 saturated heterocycles. The van der Waals surface area contributed by atoms with E-state index < -0.39 is 0 Å². The summed E-state index contributed by atoms with van der Waals surface area (Å²) < 4.78 is 0. The van der Waals surface area contributed by atoms with Crippen molar-refractivity contribution in [2.24, 2.45) is 0 Å². The van der Waals surface area contributed by atoms with Crippen LogP contribution in [0.15, 0.2) is 36.4 Å². The Morgan fingerprint density at radius 2 is 1.91 bits per heavy atom. The van der Waals surface area contributed by atoms with Gasteiger partial charge in [0.1, 0.15) is 5.75 Å². The van der Waals surface area contributed by atoms with Gasteiger partial charge in [-0.1, -0.05) is 24.3 Å². The molecule has 1 aromatic carbocycles. The Hall–Kier alpha value is -1.24. The number of phenolic OH excluding ortho intramolecular Hbond substituents is 1. The van der Waals surface area contributed by atoms with Gasteiger partial charge in [0, 0.05) is 0 Å². The normalized spacial score (nSPS) is 10.6. The highest BCUT2D eigenvalue weighted by Gasteiger charge is 1.88. The topological polar surface area (TPSA) is 20.2 Å². The third-order valence-corrected chi connectivity index (χ3v) is 1.53. The van der Waals surface area contributed by atoms with Gasteiger partial charge in [-0.2, -0.15) is 0 Å². The predicted molar refractivity (Wildman–Crippen MR) is 46.6 cm³/mol. The van der Waals surface area contributed by atoms with Crippen LogP contribution in [0.25, 0.3) is 0 Å². The Morgan fingerprint density at radius 1 is 1.27 bits per heavy atom. The van der Waals surface area contributed by atoms with E-state index in [1.807, 2.05) is 25.1 Å². The lowest BCUT2D eigenvalue weighted by Crippen LogP contribution is -1.77. The number of hydrogen-bond donors (Lipinski definition) is 1. The molecule has 11 heavy (non-hydrogen) atoms. The molecule has 0 aliphatic carbocycles. The third kappa shape index (κ3) is 2.46. The largest absolute Gasteiger partial charge is 0.508 e. The van der Waals surface area contributed by atoms with Crippen molar-refractivity contribution in [1.82, 2.24) is 0 Å². The van der Waals surface area contributed by atoms with E-state index in [9.17, 15) is 0 Å². The van der Waals surface area contributed by atoms with Gasteiger partial charge in [0.15, 0.2) is 0 Å². The van der Waals surface area contributed by atoms with Crippen LogP contribution >= 0.6 is 0 Å². The van der Waals surface area contributed by atoms with E-state index in [4.69, 9.17) is 5.11 Å². The zero-order chi connectivity index (χ0) is 8.10. The molecule has 1 nitrogen and oxygen atoms in total. The molecule has 0 atom stereocenters. The maximum absolute atomic E-state index is 8.96. The van der Waals surface area contributed by atoms with Gasteiger partial charge >= 0.3 is 0 Å². The monoisotopic (exact) mass is 148 g/mol. The van der Waals surface area contributed by atoms with Crippen LogP contribution in [0.1, 0.15) is 12.5 Å². The maximum Gasteiger partial charge on any atom is 0.115 e. The van der Waals surface area contributed by atoms with Gasteiger partial charge in [-0.3, -0.25) is 0 Å². The van der Waals surface area contributed by atoms with Gasteiger partial charge in [-0.05, 0) is 31.0 Å². The Morgan fingerprint density at radius 3 is 2.45 bits per heavy atom. The second-order valence-electron chi connectivity index (χ2n) is 2.44. The van der Waals surface area contributed by atoms with Crippen LogP contribution in [0, 0.1) is 0 Å². The average molecular weight is 148 g/mol. The summed E-state index contributed by atoms with van der Waals surface area (Å²) in [5.74, 6) is 0.328. The molecule has 1 aromatic rings. The minimum atomic E-state index is 0.328. The van der Waals surface area contributed by atoms with Crippen molar-refractivity contribution in [1.29, 1.82) is 0 Å². The molecule has 1 N–H and O–H groups in total. The van der Waals surface area contributed by atoms with Crippen molar-refractivity contribution in [3.63, 3.8) is 0 Å². The van der Waals surface area contributed by atoms with Crippen LogP contribution in [0.5, 0.6) is 5.75 Å². The summed E-state index contributed by atoms with van der Waals surface area (Å²) in [4.78, 5) is 0. The summed E-state index contributed by atoms with van der Waals surface area (Å²) in [5, 5.41) is 8.96. The van der Waals surface area contributed by atoms with E-state index in [1.54, 1.807) is 12.1 Å². The molecule has 0 heterocycles. The zero-order valence-corrected chi connectivity index (χ0v) is 6.62. The molecule has 0 aliphatic rings. The molecule has 0 bridgehead atoms. The molecule has 0 saturated carbocycles. The first kappa shape index (κ1) is 7.86. The van der Waals surface area contributed by atoms with Gasteiger partial charge in [0.2, 0.25) is 0 Å². The van der Waals surface area contributed by atoms with E-state index >= 15 is 0 Å². The number of aromatic hydroxyl groups is 1. The van der Waals surface area contributed by atoms with Gasteiger partial charge in [0.05, 0.1) is 0 Å². The molecule has 0 fully saturated rings. The lowest BCUT2D eigenvalue weighted by atomic mass is 10.1. The van der Waals surface area contributed by atoms with Crippen molar-refractivity contribution in [2.45, 2.75) is 13.3 Å². The standard InChI is InChI=1S/C10H12O/c1-2-3-4-9-5-7-10(11)8-6-9/h2-3,5-8,11H,4H2,1H3/b3-2-. The van der Waals surface area contributed by atoms with E-state index in [-0.39, 0.29) is 0 Å². The maximum atomic E-state index is 8.96. The number of hydrogen-bond acceptors (Lipinski definition) is 1. The van der Waals surface area contributed by atoms with Gasteiger partial charge in [0.25, 0.3) is 0 Å². The predicted octanol–water partition coefficient (Wildman–Crippen LogP) is 2.51. The van der Waals surface area contributed by atoms with Gasteiger partial charge in [-0.15, -0.1) is 0 Å². The number of rotatable bonds is 2. The van der Waals surface area contributed by atoms with Crippen molar-refractivity contribution >= 4 is 0 Å². The fraction of sp³-hybridized carbons (Fsp3) is 0.200. The van der Waals surface area contributed by atoms with Crippen LogP contribution in [-0.4, -0.2) is 5.11 Å². The molecule has 0 unspecified atom stereocenters. The quantitative estimate of drug-likeness (QED) is 0.639.